The molecule has 0 saturated heterocycles. The van der Waals surface area contributed by atoms with Crippen molar-refractivity contribution in [3.63, 3.8) is 0 Å². The highest BCUT2D eigenvalue weighted by Crippen LogP contribution is 2.24. The van der Waals surface area contributed by atoms with Crippen LogP contribution in [0.25, 0.3) is 0 Å². The van der Waals surface area contributed by atoms with Crippen molar-refractivity contribution in [1.82, 2.24) is 5.32 Å². The van der Waals surface area contributed by atoms with Crippen molar-refractivity contribution in [2.45, 2.75) is 17.6 Å². The van der Waals surface area contributed by atoms with Gasteiger partial charge < -0.3 is 15.3 Å². The predicted molar refractivity (Wildman–Crippen MR) is 43.3 cm³/mol. The highest BCUT2D eigenvalue weighted by atomic mass is 32.2. The first kappa shape index (κ1) is 12.8. The topological polar surface area (TPSA) is 127 Å². The molecule has 0 saturated carbocycles. The SMILES string of the molecule is CNC(C)(C(O)(O)CO)S(=O)(=O)O. The van der Waals surface area contributed by atoms with E-state index >= 15 is 0 Å². The van der Waals surface area contributed by atoms with E-state index in [1.807, 2.05) is 5.32 Å². The highest BCUT2D eigenvalue weighted by Gasteiger charge is 2.54. The zero-order valence-electron chi connectivity index (χ0n) is 7.22. The van der Waals surface area contributed by atoms with Crippen molar-refractivity contribution < 1.29 is 28.3 Å². The van der Waals surface area contributed by atoms with E-state index in [1.165, 1.54) is 0 Å². The molecule has 5 N–H and O–H groups in total. The molecule has 0 bridgehead atoms. The molecule has 0 aliphatic carbocycles. The van der Waals surface area contributed by atoms with Gasteiger partial charge in [0.05, 0.1) is 6.61 Å². The Balaban J connectivity index is 5.32. The van der Waals surface area contributed by atoms with Gasteiger partial charge in [-0.1, -0.05) is 0 Å². The summed E-state index contributed by atoms with van der Waals surface area (Å²) < 4.78 is 30.2. The molecule has 0 amide bonds. The molecular formula is C5H13NO6S. The lowest BCUT2D eigenvalue weighted by atomic mass is 10.1. The normalized spacial score (nSPS) is 18.3. The van der Waals surface area contributed by atoms with E-state index in [2.05, 4.69) is 0 Å². The van der Waals surface area contributed by atoms with Gasteiger partial charge in [0.2, 0.25) is 5.79 Å². The first-order chi connectivity index (χ1) is 5.62. The second kappa shape index (κ2) is 3.48. The molecule has 0 fully saturated rings. The third-order valence-electron chi connectivity index (χ3n) is 1.98. The fraction of sp³-hybridized carbons (Fsp3) is 1.00. The number of nitrogens with one attached hydrogen (secondary N) is 1. The van der Waals surface area contributed by atoms with Gasteiger partial charge in [0, 0.05) is 0 Å². The third-order valence-corrected chi connectivity index (χ3v) is 3.54. The predicted octanol–water partition coefficient (Wildman–Crippen LogP) is -2.52. The van der Waals surface area contributed by atoms with E-state index < -0.39 is 27.4 Å². The average Bonchev–Trinajstić information content (AvgIpc) is 2.00. The van der Waals surface area contributed by atoms with Crippen molar-refractivity contribution in [2.75, 3.05) is 13.7 Å². The Kier molecular flexibility index (Phi) is 3.41. The van der Waals surface area contributed by atoms with Crippen molar-refractivity contribution in [3.05, 3.63) is 0 Å². The van der Waals surface area contributed by atoms with Gasteiger partial charge in [-0.05, 0) is 14.0 Å². The van der Waals surface area contributed by atoms with Gasteiger partial charge in [-0.25, -0.2) is 0 Å². The molecular weight excluding hydrogens is 202 g/mol. The number of hydrogen-bond donors (Lipinski definition) is 5. The van der Waals surface area contributed by atoms with Crippen molar-refractivity contribution in [3.8, 4) is 0 Å². The van der Waals surface area contributed by atoms with Gasteiger partial charge in [-0.3, -0.25) is 9.87 Å². The molecule has 1 atom stereocenters. The zero-order valence-corrected chi connectivity index (χ0v) is 8.04. The summed E-state index contributed by atoms with van der Waals surface area (Å²) in [5.41, 5.74) is 0. The van der Waals surface area contributed by atoms with Gasteiger partial charge in [0.25, 0.3) is 10.1 Å². The number of rotatable bonds is 4. The lowest BCUT2D eigenvalue weighted by Gasteiger charge is -2.36. The molecule has 7 nitrogen and oxygen atoms in total. The molecule has 8 heteroatoms. The van der Waals surface area contributed by atoms with Crippen LogP contribution in [0.3, 0.4) is 0 Å². The van der Waals surface area contributed by atoms with Gasteiger partial charge in [-0.15, -0.1) is 0 Å². The molecule has 1 unspecified atom stereocenters. The van der Waals surface area contributed by atoms with E-state index in [0.29, 0.717) is 0 Å². The van der Waals surface area contributed by atoms with Crippen LogP contribution >= 0.6 is 0 Å². The Morgan fingerprint density at radius 1 is 1.38 bits per heavy atom. The maximum absolute atomic E-state index is 10.8. The van der Waals surface area contributed by atoms with Crippen LogP contribution in [-0.2, 0) is 10.1 Å². The summed E-state index contributed by atoms with van der Waals surface area (Å²) in [6.07, 6.45) is 0. The van der Waals surface area contributed by atoms with Crippen LogP contribution in [0, 0.1) is 0 Å². The van der Waals surface area contributed by atoms with E-state index in [0.717, 1.165) is 14.0 Å². The number of aliphatic hydroxyl groups excluding tert-OH is 1. The molecule has 0 aromatic carbocycles. The lowest BCUT2D eigenvalue weighted by Crippen LogP contribution is -2.66. The maximum Gasteiger partial charge on any atom is 0.289 e. The standard InChI is InChI=1S/C5H13NO6S/c1-4(6-2,13(10,11)12)5(8,9)3-7/h6-9H,3H2,1-2H3,(H,10,11,12). The minimum absolute atomic E-state index is 0.832. The van der Waals surface area contributed by atoms with Crippen molar-refractivity contribution in [1.29, 1.82) is 0 Å². The Morgan fingerprint density at radius 3 is 1.85 bits per heavy atom. The second-order valence-electron chi connectivity index (χ2n) is 2.73. The first-order valence-electron chi connectivity index (χ1n) is 3.34. The second-order valence-corrected chi connectivity index (χ2v) is 4.50. The molecule has 0 heterocycles. The van der Waals surface area contributed by atoms with Crippen LogP contribution in [0.1, 0.15) is 6.92 Å². The fourth-order valence-corrected chi connectivity index (χ4v) is 1.42. The Hall–Kier alpha value is -0.250. The summed E-state index contributed by atoms with van der Waals surface area (Å²) >= 11 is 0. The van der Waals surface area contributed by atoms with Gasteiger partial charge >= 0.3 is 0 Å². The third kappa shape index (κ3) is 1.98. The summed E-state index contributed by atoms with van der Waals surface area (Å²) in [7, 11) is -3.65. The van der Waals surface area contributed by atoms with Crippen molar-refractivity contribution >= 4 is 10.1 Å². The molecule has 0 aromatic heterocycles. The quantitative estimate of drug-likeness (QED) is 0.259. The smallest absolute Gasteiger partial charge is 0.289 e. The number of aliphatic hydroxyl groups is 3. The molecule has 0 radical (unpaired) electrons. The zero-order chi connectivity index (χ0) is 10.9. The fourth-order valence-electron chi connectivity index (χ4n) is 0.687. The minimum Gasteiger partial charge on any atom is -0.391 e. The number of hydrogen-bond acceptors (Lipinski definition) is 6. The summed E-state index contributed by atoms with van der Waals surface area (Å²) in [6.45, 7) is -0.400. The van der Waals surface area contributed by atoms with Crippen molar-refractivity contribution in [2.24, 2.45) is 0 Å². The van der Waals surface area contributed by atoms with E-state index in [1.54, 1.807) is 0 Å². The van der Waals surface area contributed by atoms with Crippen LogP contribution in [0.4, 0.5) is 0 Å². The van der Waals surface area contributed by atoms with Crippen LogP contribution < -0.4 is 5.32 Å². The summed E-state index contributed by atoms with van der Waals surface area (Å²) in [5.74, 6) is -2.96. The minimum atomic E-state index is -4.76. The summed E-state index contributed by atoms with van der Waals surface area (Å²) in [6, 6.07) is 0. The van der Waals surface area contributed by atoms with Gasteiger partial charge in [0.15, 0.2) is 4.87 Å². The van der Waals surface area contributed by atoms with Gasteiger partial charge in [-0.2, -0.15) is 8.42 Å². The molecule has 0 aliphatic heterocycles. The maximum atomic E-state index is 10.8. The molecule has 80 valence electrons. The van der Waals surface area contributed by atoms with E-state index in [9.17, 15) is 8.42 Å². The van der Waals surface area contributed by atoms with E-state index in [4.69, 9.17) is 19.9 Å². The Labute approximate surface area is 75.8 Å². The van der Waals surface area contributed by atoms with Crippen LogP contribution in [0.2, 0.25) is 0 Å². The van der Waals surface area contributed by atoms with Crippen LogP contribution in [-0.4, -0.2) is 52.6 Å². The van der Waals surface area contributed by atoms with E-state index in [-0.39, 0.29) is 0 Å². The van der Waals surface area contributed by atoms with Crippen LogP contribution in [0.5, 0.6) is 0 Å². The van der Waals surface area contributed by atoms with Crippen LogP contribution in [0.15, 0.2) is 0 Å². The first-order valence-corrected chi connectivity index (χ1v) is 4.78. The molecule has 0 rings (SSSR count). The monoisotopic (exact) mass is 215 g/mol. The molecule has 0 aliphatic rings. The summed E-state index contributed by atoms with van der Waals surface area (Å²) in [4.78, 5) is -2.44. The van der Waals surface area contributed by atoms with Gasteiger partial charge in [0.1, 0.15) is 0 Å². The highest BCUT2D eigenvalue weighted by molar-refractivity contribution is 7.87. The molecule has 13 heavy (non-hydrogen) atoms. The molecule has 0 spiro atoms. The Bertz CT molecular complexity index is 273. The lowest BCUT2D eigenvalue weighted by molar-refractivity contribution is -0.214. The molecule has 0 aromatic rings. The average molecular weight is 215 g/mol. The summed E-state index contributed by atoms with van der Waals surface area (Å²) in [5, 5.41) is 28.7. The largest absolute Gasteiger partial charge is 0.391 e. The number of likely N-dealkylation sites (N-methyl/N-ethyl adjacent to an activating group) is 1. The Morgan fingerprint density at radius 2 is 1.77 bits per heavy atom.